The summed E-state index contributed by atoms with van der Waals surface area (Å²) in [5.41, 5.74) is 9.25. The van der Waals surface area contributed by atoms with E-state index in [1.165, 1.54) is 24.2 Å². The third-order valence-corrected chi connectivity index (χ3v) is 5.10. The van der Waals surface area contributed by atoms with E-state index in [1.807, 2.05) is 12.1 Å². The van der Waals surface area contributed by atoms with Gasteiger partial charge in [-0.2, -0.15) is 0 Å². The molecule has 1 aliphatic rings. The molecule has 3 rings (SSSR count). The van der Waals surface area contributed by atoms with Gasteiger partial charge in [0, 0.05) is 17.1 Å². The molecular formula is C17H25N3. The van der Waals surface area contributed by atoms with Crippen LogP contribution in [0.5, 0.6) is 0 Å². The Kier molecular flexibility index (Phi) is 3.23. The van der Waals surface area contributed by atoms with Crippen LogP contribution in [0.15, 0.2) is 18.2 Å². The van der Waals surface area contributed by atoms with Gasteiger partial charge in [-0.1, -0.05) is 20.8 Å². The predicted octanol–water partition coefficient (Wildman–Crippen LogP) is 4.42. The molecule has 2 aromatic rings. The van der Waals surface area contributed by atoms with Gasteiger partial charge in [-0.25, -0.2) is 4.98 Å². The van der Waals surface area contributed by atoms with E-state index in [9.17, 15) is 0 Å². The molecule has 0 aliphatic heterocycles. The van der Waals surface area contributed by atoms with Crippen molar-refractivity contribution in [3.63, 3.8) is 0 Å². The van der Waals surface area contributed by atoms with E-state index in [4.69, 9.17) is 10.7 Å². The van der Waals surface area contributed by atoms with Gasteiger partial charge in [-0.3, -0.25) is 0 Å². The Labute approximate surface area is 121 Å². The van der Waals surface area contributed by atoms with Gasteiger partial charge in [0.15, 0.2) is 0 Å². The van der Waals surface area contributed by atoms with Crippen molar-refractivity contribution in [3.8, 4) is 0 Å². The minimum atomic E-state index is 0.197. The fourth-order valence-corrected chi connectivity index (χ4v) is 3.45. The number of nitrogen functional groups attached to an aromatic ring is 1. The molecule has 0 atom stereocenters. The molecule has 3 nitrogen and oxygen atoms in total. The van der Waals surface area contributed by atoms with Crippen LogP contribution in [-0.4, -0.2) is 9.55 Å². The smallest absolute Gasteiger partial charge is 0.113 e. The van der Waals surface area contributed by atoms with Crippen LogP contribution in [0.4, 0.5) is 5.69 Å². The van der Waals surface area contributed by atoms with Crippen LogP contribution in [0.25, 0.3) is 11.0 Å². The molecule has 3 heteroatoms. The topological polar surface area (TPSA) is 43.8 Å². The monoisotopic (exact) mass is 271 g/mol. The zero-order chi connectivity index (χ0) is 14.3. The summed E-state index contributed by atoms with van der Waals surface area (Å²) in [6, 6.07) is 6.17. The molecule has 0 radical (unpaired) electrons. The van der Waals surface area contributed by atoms with Crippen molar-refractivity contribution < 1.29 is 0 Å². The van der Waals surface area contributed by atoms with Crippen LogP contribution in [0, 0.1) is 0 Å². The van der Waals surface area contributed by atoms with Crippen LogP contribution in [0.2, 0.25) is 0 Å². The first kappa shape index (κ1) is 13.5. The highest BCUT2D eigenvalue weighted by molar-refractivity contribution is 5.80. The van der Waals surface area contributed by atoms with Crippen LogP contribution >= 0.6 is 0 Å². The van der Waals surface area contributed by atoms with E-state index < -0.39 is 0 Å². The average Bonchev–Trinajstić information content (AvgIpc) is 3.24. The molecule has 108 valence electrons. The molecular weight excluding hydrogens is 246 g/mol. The highest BCUT2D eigenvalue weighted by Gasteiger charge is 2.36. The van der Waals surface area contributed by atoms with E-state index >= 15 is 0 Å². The fraction of sp³-hybridized carbons (Fsp3) is 0.588. The predicted molar refractivity (Wildman–Crippen MR) is 85.0 cm³/mol. The van der Waals surface area contributed by atoms with Crippen LogP contribution in [0.3, 0.4) is 0 Å². The molecule has 20 heavy (non-hydrogen) atoms. The van der Waals surface area contributed by atoms with Gasteiger partial charge in [-0.15, -0.1) is 0 Å². The van der Waals surface area contributed by atoms with Crippen molar-refractivity contribution in [2.45, 2.75) is 64.3 Å². The molecule has 1 aromatic carbocycles. The van der Waals surface area contributed by atoms with Gasteiger partial charge in [-0.05, 0) is 50.3 Å². The SMILES string of the molecule is CCC(CC)(CC)n1c(C2CC2)nc2cc(N)ccc21. The summed E-state index contributed by atoms with van der Waals surface area (Å²) in [6.45, 7) is 6.90. The summed E-state index contributed by atoms with van der Waals surface area (Å²) >= 11 is 0. The van der Waals surface area contributed by atoms with Crippen molar-refractivity contribution in [1.29, 1.82) is 0 Å². The van der Waals surface area contributed by atoms with Gasteiger partial charge in [0.05, 0.1) is 11.0 Å². The quantitative estimate of drug-likeness (QED) is 0.818. The van der Waals surface area contributed by atoms with E-state index in [2.05, 4.69) is 31.4 Å². The lowest BCUT2D eigenvalue weighted by Crippen LogP contribution is -2.32. The van der Waals surface area contributed by atoms with E-state index in [0.29, 0.717) is 5.92 Å². The van der Waals surface area contributed by atoms with Crippen molar-refractivity contribution in [2.24, 2.45) is 0 Å². The standard InChI is InChI=1S/C17H25N3/c1-4-17(5-2,6-3)20-15-10-9-13(18)11-14(15)19-16(20)12-7-8-12/h9-12H,4-8,18H2,1-3H3. The van der Waals surface area contributed by atoms with E-state index in [-0.39, 0.29) is 5.54 Å². The number of aromatic nitrogens is 2. The summed E-state index contributed by atoms with van der Waals surface area (Å²) in [5.74, 6) is 1.95. The third kappa shape index (κ3) is 1.91. The normalized spacial score (nSPS) is 15.9. The van der Waals surface area contributed by atoms with Gasteiger partial charge >= 0.3 is 0 Å². The number of imidazole rings is 1. The lowest BCUT2D eigenvalue weighted by atomic mass is 9.88. The second kappa shape index (κ2) is 4.80. The minimum absolute atomic E-state index is 0.197. The lowest BCUT2D eigenvalue weighted by Gasteiger charge is -2.35. The van der Waals surface area contributed by atoms with Crippen LogP contribution < -0.4 is 5.73 Å². The number of fused-ring (bicyclic) bond motifs is 1. The number of nitrogens with zero attached hydrogens (tertiary/aromatic N) is 2. The van der Waals surface area contributed by atoms with Gasteiger partial charge in [0.2, 0.25) is 0 Å². The van der Waals surface area contributed by atoms with Crippen molar-refractivity contribution in [2.75, 3.05) is 5.73 Å². The Balaban J connectivity index is 2.28. The molecule has 1 aromatic heterocycles. The number of rotatable bonds is 5. The Bertz CT molecular complexity index is 610. The first-order chi connectivity index (χ1) is 9.65. The van der Waals surface area contributed by atoms with E-state index in [1.54, 1.807) is 0 Å². The maximum atomic E-state index is 5.93. The maximum absolute atomic E-state index is 5.93. The molecule has 0 spiro atoms. The Morgan fingerprint density at radius 1 is 1.20 bits per heavy atom. The summed E-state index contributed by atoms with van der Waals surface area (Å²) < 4.78 is 2.54. The minimum Gasteiger partial charge on any atom is -0.399 e. The highest BCUT2D eigenvalue weighted by Crippen LogP contribution is 2.45. The zero-order valence-corrected chi connectivity index (χ0v) is 12.8. The Hall–Kier alpha value is -1.51. The molecule has 0 saturated heterocycles. The molecule has 2 N–H and O–H groups in total. The van der Waals surface area contributed by atoms with Crippen molar-refractivity contribution >= 4 is 16.7 Å². The van der Waals surface area contributed by atoms with Crippen molar-refractivity contribution in [3.05, 3.63) is 24.0 Å². The van der Waals surface area contributed by atoms with Gasteiger partial charge < -0.3 is 10.3 Å². The molecule has 0 amide bonds. The Morgan fingerprint density at radius 2 is 1.85 bits per heavy atom. The average molecular weight is 271 g/mol. The number of nitrogens with two attached hydrogens (primary N) is 1. The second-order valence-electron chi connectivity index (χ2n) is 6.11. The largest absolute Gasteiger partial charge is 0.399 e. The number of anilines is 1. The summed E-state index contributed by atoms with van der Waals surface area (Å²) in [5, 5.41) is 0. The molecule has 0 unspecified atom stereocenters. The zero-order valence-electron chi connectivity index (χ0n) is 12.8. The van der Waals surface area contributed by atoms with Gasteiger partial charge in [0.1, 0.15) is 5.82 Å². The molecule has 1 heterocycles. The Morgan fingerprint density at radius 3 is 2.40 bits per heavy atom. The van der Waals surface area contributed by atoms with Gasteiger partial charge in [0.25, 0.3) is 0 Å². The summed E-state index contributed by atoms with van der Waals surface area (Å²) in [4.78, 5) is 4.93. The number of hydrogen-bond acceptors (Lipinski definition) is 2. The maximum Gasteiger partial charge on any atom is 0.113 e. The lowest BCUT2D eigenvalue weighted by molar-refractivity contribution is 0.251. The molecule has 1 fully saturated rings. The second-order valence-corrected chi connectivity index (χ2v) is 6.11. The number of benzene rings is 1. The molecule has 0 bridgehead atoms. The number of hydrogen-bond donors (Lipinski definition) is 1. The third-order valence-electron chi connectivity index (χ3n) is 5.10. The van der Waals surface area contributed by atoms with Crippen LogP contribution in [0.1, 0.15) is 64.6 Å². The summed E-state index contributed by atoms with van der Waals surface area (Å²) in [7, 11) is 0. The highest BCUT2D eigenvalue weighted by atomic mass is 15.2. The first-order valence-electron chi connectivity index (χ1n) is 7.93. The first-order valence-corrected chi connectivity index (χ1v) is 7.93. The van der Waals surface area contributed by atoms with E-state index in [0.717, 1.165) is 30.5 Å². The van der Waals surface area contributed by atoms with Crippen LogP contribution in [-0.2, 0) is 5.54 Å². The van der Waals surface area contributed by atoms with Crippen molar-refractivity contribution in [1.82, 2.24) is 9.55 Å². The molecule has 1 saturated carbocycles. The summed E-state index contributed by atoms with van der Waals surface area (Å²) in [6.07, 6.45) is 6.01. The fourth-order valence-electron chi connectivity index (χ4n) is 3.45. The molecule has 1 aliphatic carbocycles.